The number of nitrogens with one attached hydrogen (secondary N) is 2. The third-order valence-corrected chi connectivity index (χ3v) is 6.07. The number of pyridine rings is 1. The highest BCUT2D eigenvalue weighted by Crippen LogP contribution is 2.16. The average molecular weight is 419 g/mol. The van der Waals surface area contributed by atoms with Gasteiger partial charge >= 0.3 is 0 Å². The van der Waals surface area contributed by atoms with Gasteiger partial charge in [-0.25, -0.2) is 9.98 Å². The Bertz CT molecular complexity index is 1030. The van der Waals surface area contributed by atoms with Gasteiger partial charge in [0.1, 0.15) is 5.65 Å². The minimum atomic E-state index is 0.453. The summed E-state index contributed by atoms with van der Waals surface area (Å²) in [5.41, 5.74) is 5.96. The molecule has 0 amide bonds. The van der Waals surface area contributed by atoms with Crippen LogP contribution in [0.15, 0.2) is 53.7 Å². The first-order valence-electron chi connectivity index (χ1n) is 11.4. The second-order valence-electron chi connectivity index (χ2n) is 8.44. The minimum Gasteiger partial charge on any atom is -0.357 e. The monoisotopic (exact) mass is 418 g/mol. The van der Waals surface area contributed by atoms with Crippen LogP contribution in [-0.2, 0) is 13.1 Å². The Hall–Kier alpha value is -2.86. The highest BCUT2D eigenvalue weighted by Gasteiger charge is 2.20. The zero-order valence-electron chi connectivity index (χ0n) is 18.9. The molecule has 0 aliphatic carbocycles. The number of nitrogens with zero attached hydrogens (tertiary/aromatic N) is 4. The number of hydrogen-bond acceptors (Lipinski definition) is 3. The van der Waals surface area contributed by atoms with Crippen LogP contribution in [0.1, 0.15) is 42.3 Å². The first-order chi connectivity index (χ1) is 15.1. The van der Waals surface area contributed by atoms with Crippen LogP contribution in [-0.4, -0.2) is 45.9 Å². The van der Waals surface area contributed by atoms with E-state index in [2.05, 4.69) is 77.2 Å². The van der Waals surface area contributed by atoms with E-state index in [-0.39, 0.29) is 0 Å². The van der Waals surface area contributed by atoms with E-state index in [0.29, 0.717) is 12.6 Å². The van der Waals surface area contributed by atoms with E-state index < -0.39 is 0 Å². The van der Waals surface area contributed by atoms with Gasteiger partial charge in [-0.15, -0.1) is 0 Å². The number of benzene rings is 1. The summed E-state index contributed by atoms with van der Waals surface area (Å²) in [6.45, 7) is 11.1. The van der Waals surface area contributed by atoms with Crippen molar-refractivity contribution < 1.29 is 0 Å². The lowest BCUT2D eigenvalue weighted by Crippen LogP contribution is -2.48. The predicted octanol–water partition coefficient (Wildman–Crippen LogP) is 3.67. The van der Waals surface area contributed by atoms with Gasteiger partial charge in [-0.1, -0.05) is 30.3 Å². The van der Waals surface area contributed by atoms with Crippen LogP contribution in [0.3, 0.4) is 0 Å². The minimum absolute atomic E-state index is 0.453. The lowest BCUT2D eigenvalue weighted by Gasteiger charge is -2.33. The molecule has 1 fully saturated rings. The summed E-state index contributed by atoms with van der Waals surface area (Å²) < 4.78 is 2.12. The summed E-state index contributed by atoms with van der Waals surface area (Å²) in [7, 11) is 0. The second-order valence-corrected chi connectivity index (χ2v) is 8.44. The van der Waals surface area contributed by atoms with E-state index in [1.165, 1.54) is 16.8 Å². The third kappa shape index (κ3) is 5.44. The van der Waals surface area contributed by atoms with Gasteiger partial charge in [0.05, 0.1) is 12.2 Å². The molecule has 1 aliphatic rings. The van der Waals surface area contributed by atoms with E-state index in [0.717, 1.165) is 56.3 Å². The Morgan fingerprint density at radius 3 is 2.65 bits per heavy atom. The number of piperidine rings is 1. The maximum absolute atomic E-state index is 4.81. The molecule has 1 aliphatic heterocycles. The molecule has 2 N–H and O–H groups in total. The molecular formula is C25H34N6. The summed E-state index contributed by atoms with van der Waals surface area (Å²) in [6.07, 6.45) is 4.34. The topological polar surface area (TPSA) is 57.0 Å². The average Bonchev–Trinajstić information content (AvgIpc) is 3.20. The molecule has 0 spiro atoms. The van der Waals surface area contributed by atoms with Gasteiger partial charge in [0.2, 0.25) is 0 Å². The molecule has 0 radical (unpaired) electrons. The molecule has 0 saturated carbocycles. The Morgan fingerprint density at radius 2 is 1.90 bits per heavy atom. The standard InChI is InChI=1S/C25H34N6/c1-4-26-25(27-16-23-18-31-20(3)9-7-11-24(31)28-23)29-22-12-14-30(15-13-22)17-21-10-6-5-8-19(21)2/h5-11,18,22H,4,12-17H2,1-3H3,(H2,26,27,29). The number of fused-ring (bicyclic) bond motifs is 1. The van der Waals surface area contributed by atoms with Crippen molar-refractivity contribution in [2.24, 2.45) is 4.99 Å². The van der Waals surface area contributed by atoms with E-state index in [1.807, 2.05) is 12.1 Å². The zero-order chi connectivity index (χ0) is 21.6. The number of guanidine groups is 1. The second kappa shape index (κ2) is 9.96. The third-order valence-electron chi connectivity index (χ3n) is 6.07. The first kappa shape index (κ1) is 21.4. The molecule has 0 unspecified atom stereocenters. The van der Waals surface area contributed by atoms with Crippen LogP contribution >= 0.6 is 0 Å². The lowest BCUT2D eigenvalue weighted by atomic mass is 10.0. The van der Waals surface area contributed by atoms with Crippen molar-refractivity contribution >= 4 is 11.6 Å². The van der Waals surface area contributed by atoms with Gasteiger partial charge < -0.3 is 15.0 Å². The number of aromatic nitrogens is 2. The Morgan fingerprint density at radius 1 is 1.10 bits per heavy atom. The van der Waals surface area contributed by atoms with Crippen molar-refractivity contribution in [3.8, 4) is 0 Å². The van der Waals surface area contributed by atoms with E-state index in [1.54, 1.807) is 0 Å². The van der Waals surface area contributed by atoms with E-state index in [9.17, 15) is 0 Å². The van der Waals surface area contributed by atoms with Crippen LogP contribution in [0.2, 0.25) is 0 Å². The van der Waals surface area contributed by atoms with Crippen LogP contribution < -0.4 is 10.6 Å². The first-order valence-corrected chi connectivity index (χ1v) is 11.4. The smallest absolute Gasteiger partial charge is 0.191 e. The SMILES string of the molecule is CCNC(=NCc1cn2c(C)cccc2n1)NC1CCN(Cc2ccccc2C)CC1. The van der Waals surface area contributed by atoms with Crippen molar-refractivity contribution in [3.63, 3.8) is 0 Å². The highest BCUT2D eigenvalue weighted by atomic mass is 15.2. The van der Waals surface area contributed by atoms with Crippen molar-refractivity contribution in [3.05, 3.63) is 71.2 Å². The van der Waals surface area contributed by atoms with E-state index >= 15 is 0 Å². The molecule has 2 aromatic heterocycles. The van der Waals surface area contributed by atoms with Gasteiger partial charge in [-0.05, 0) is 56.9 Å². The number of imidazole rings is 1. The number of hydrogen-bond donors (Lipinski definition) is 2. The van der Waals surface area contributed by atoms with Crippen LogP contribution in [0.5, 0.6) is 0 Å². The van der Waals surface area contributed by atoms with E-state index in [4.69, 9.17) is 9.98 Å². The van der Waals surface area contributed by atoms with Crippen LogP contribution in [0.4, 0.5) is 0 Å². The molecule has 4 rings (SSSR count). The summed E-state index contributed by atoms with van der Waals surface area (Å²) in [5, 5.41) is 7.04. The van der Waals surface area contributed by atoms with Crippen molar-refractivity contribution in [1.82, 2.24) is 24.9 Å². The highest BCUT2D eigenvalue weighted by molar-refractivity contribution is 5.80. The maximum Gasteiger partial charge on any atom is 0.191 e. The summed E-state index contributed by atoms with van der Waals surface area (Å²) in [6, 6.07) is 15.3. The molecule has 3 heterocycles. The normalized spacial score (nSPS) is 16.0. The molecule has 6 heteroatoms. The van der Waals surface area contributed by atoms with Gasteiger partial charge in [0, 0.05) is 44.1 Å². The van der Waals surface area contributed by atoms with Crippen molar-refractivity contribution in [2.75, 3.05) is 19.6 Å². The summed E-state index contributed by atoms with van der Waals surface area (Å²) in [5.74, 6) is 0.883. The number of aryl methyl sites for hydroxylation is 2. The Balaban J connectivity index is 1.33. The molecule has 164 valence electrons. The molecule has 6 nitrogen and oxygen atoms in total. The summed E-state index contributed by atoms with van der Waals surface area (Å²) >= 11 is 0. The molecule has 1 saturated heterocycles. The van der Waals surface area contributed by atoms with Crippen molar-refractivity contribution in [2.45, 2.75) is 52.7 Å². The molecule has 1 aromatic carbocycles. The van der Waals surface area contributed by atoms with Crippen LogP contribution in [0.25, 0.3) is 5.65 Å². The quantitative estimate of drug-likeness (QED) is 0.474. The fourth-order valence-electron chi connectivity index (χ4n) is 4.21. The number of likely N-dealkylation sites (tertiary alicyclic amines) is 1. The zero-order valence-corrected chi connectivity index (χ0v) is 18.9. The van der Waals surface area contributed by atoms with Crippen molar-refractivity contribution in [1.29, 1.82) is 0 Å². The van der Waals surface area contributed by atoms with Gasteiger partial charge in [0.15, 0.2) is 5.96 Å². The fourth-order valence-corrected chi connectivity index (χ4v) is 4.21. The molecule has 0 atom stereocenters. The lowest BCUT2D eigenvalue weighted by molar-refractivity contribution is 0.198. The summed E-state index contributed by atoms with van der Waals surface area (Å²) in [4.78, 5) is 12.1. The molecule has 0 bridgehead atoms. The van der Waals surface area contributed by atoms with Gasteiger partial charge in [0.25, 0.3) is 0 Å². The molecule has 3 aromatic rings. The fraction of sp³-hybridized carbons (Fsp3) is 0.440. The maximum atomic E-state index is 4.81. The Labute approximate surface area is 185 Å². The number of rotatable bonds is 6. The molecule has 31 heavy (non-hydrogen) atoms. The van der Waals surface area contributed by atoms with Gasteiger partial charge in [-0.2, -0.15) is 0 Å². The predicted molar refractivity (Wildman–Crippen MR) is 127 cm³/mol. The van der Waals surface area contributed by atoms with Crippen LogP contribution in [0, 0.1) is 13.8 Å². The Kier molecular flexibility index (Phi) is 6.87. The largest absolute Gasteiger partial charge is 0.357 e. The molecular weight excluding hydrogens is 384 g/mol. The number of aliphatic imine (C=N–C) groups is 1. The van der Waals surface area contributed by atoms with Gasteiger partial charge in [-0.3, -0.25) is 4.90 Å².